The lowest BCUT2D eigenvalue weighted by molar-refractivity contribution is -0.115. The highest BCUT2D eigenvalue weighted by Gasteiger charge is 2.23. The molecule has 2 N–H and O–H groups in total. The van der Waals surface area contributed by atoms with Crippen LogP contribution in [-0.2, 0) is 9.53 Å². The fourth-order valence-corrected chi connectivity index (χ4v) is 4.28. The first-order chi connectivity index (χ1) is 14.6. The minimum absolute atomic E-state index is 0.0403. The Labute approximate surface area is 177 Å². The van der Waals surface area contributed by atoms with Crippen molar-refractivity contribution in [3.63, 3.8) is 0 Å². The van der Waals surface area contributed by atoms with E-state index in [1.807, 2.05) is 0 Å². The third kappa shape index (κ3) is 5.03. The molecule has 2 saturated heterocycles. The van der Waals surface area contributed by atoms with Crippen LogP contribution in [-0.4, -0.2) is 66.4 Å². The lowest BCUT2D eigenvalue weighted by atomic mass is 10.2. The lowest BCUT2D eigenvalue weighted by Gasteiger charge is -2.36. The summed E-state index contributed by atoms with van der Waals surface area (Å²) in [6, 6.07) is 6.02. The third-order valence-electron chi connectivity index (χ3n) is 5.05. The number of nitrogens with zero attached hydrogens (tertiary/aromatic N) is 4. The van der Waals surface area contributed by atoms with Gasteiger partial charge in [0.2, 0.25) is 11.0 Å². The maximum Gasteiger partial charge on any atom is 0.317 e. The highest BCUT2D eigenvalue weighted by molar-refractivity contribution is 7.15. The summed E-state index contributed by atoms with van der Waals surface area (Å²) in [6.45, 7) is 2.89. The van der Waals surface area contributed by atoms with E-state index < -0.39 is 0 Å². The molecule has 2 fully saturated rings. The Morgan fingerprint density at radius 1 is 1.17 bits per heavy atom. The minimum atomic E-state index is -0.358. The number of nitrogens with one attached hydrogen (secondary N) is 2. The van der Waals surface area contributed by atoms with Crippen molar-refractivity contribution in [2.45, 2.75) is 18.9 Å². The topological polar surface area (TPSA) is 99.7 Å². The van der Waals surface area contributed by atoms with Gasteiger partial charge in [0.25, 0.3) is 0 Å². The Kier molecular flexibility index (Phi) is 6.38. The number of hydrogen-bond acceptors (Lipinski definition) is 7. The summed E-state index contributed by atoms with van der Waals surface area (Å²) in [5, 5.41) is 14.5. The molecule has 3 heterocycles. The van der Waals surface area contributed by atoms with E-state index in [-0.39, 0.29) is 30.4 Å². The van der Waals surface area contributed by atoms with Gasteiger partial charge in [-0.25, -0.2) is 9.18 Å². The molecule has 9 nitrogen and oxygen atoms in total. The number of urea groups is 1. The fraction of sp³-hybridized carbons (Fsp3) is 0.474. The van der Waals surface area contributed by atoms with Crippen LogP contribution in [0.25, 0.3) is 0 Å². The molecule has 4 rings (SSSR count). The van der Waals surface area contributed by atoms with Gasteiger partial charge in [0.15, 0.2) is 0 Å². The number of rotatable bonds is 5. The Hall–Kier alpha value is -2.79. The van der Waals surface area contributed by atoms with Gasteiger partial charge >= 0.3 is 6.03 Å². The molecule has 11 heteroatoms. The highest BCUT2D eigenvalue weighted by atomic mass is 32.1. The minimum Gasteiger partial charge on any atom is -0.371 e. The van der Waals surface area contributed by atoms with Crippen molar-refractivity contribution in [3.05, 3.63) is 35.1 Å². The second kappa shape index (κ2) is 9.35. The van der Waals surface area contributed by atoms with Gasteiger partial charge in [-0.05, 0) is 37.1 Å². The van der Waals surface area contributed by atoms with Gasteiger partial charge in [0.05, 0.1) is 6.54 Å². The van der Waals surface area contributed by atoms with Gasteiger partial charge in [-0.1, -0.05) is 11.3 Å². The standard InChI is InChI=1S/C19H23FN6O3S/c20-13-3-5-14(6-4-13)25-7-9-26(10-8-25)19(28)21-12-16(27)22-18-24-23-17(30-18)15-2-1-11-29-15/h3-6,15H,1-2,7-12H2,(H,21,28)(H,22,24,27). The first-order valence-corrected chi connectivity index (χ1v) is 10.7. The average molecular weight is 434 g/mol. The molecular formula is C19H23FN6O3S. The molecule has 0 bridgehead atoms. The summed E-state index contributed by atoms with van der Waals surface area (Å²) in [6.07, 6.45) is 1.87. The van der Waals surface area contributed by atoms with Crippen molar-refractivity contribution in [2.24, 2.45) is 0 Å². The van der Waals surface area contributed by atoms with E-state index in [1.54, 1.807) is 17.0 Å². The SMILES string of the molecule is O=C(CNC(=O)N1CCN(c2ccc(F)cc2)CC1)Nc1nnc(C2CCCO2)s1. The monoisotopic (exact) mass is 434 g/mol. The molecule has 0 radical (unpaired) electrons. The molecule has 2 aliphatic rings. The van der Waals surface area contributed by atoms with E-state index in [0.29, 0.717) is 31.3 Å². The van der Waals surface area contributed by atoms with Crippen LogP contribution < -0.4 is 15.5 Å². The summed E-state index contributed by atoms with van der Waals surface area (Å²) < 4.78 is 18.6. The van der Waals surface area contributed by atoms with E-state index >= 15 is 0 Å². The second-order valence-electron chi connectivity index (χ2n) is 7.10. The molecule has 1 aromatic carbocycles. The molecule has 3 amide bonds. The van der Waals surface area contributed by atoms with Crippen LogP contribution in [0.4, 0.5) is 20.0 Å². The Bertz CT molecular complexity index is 879. The molecule has 160 valence electrons. The van der Waals surface area contributed by atoms with Crippen molar-refractivity contribution < 1.29 is 18.7 Å². The van der Waals surface area contributed by atoms with E-state index in [9.17, 15) is 14.0 Å². The number of benzene rings is 1. The number of carbonyl (C=O) groups excluding carboxylic acids is 2. The van der Waals surface area contributed by atoms with Crippen LogP contribution in [0.5, 0.6) is 0 Å². The second-order valence-corrected chi connectivity index (χ2v) is 8.11. The van der Waals surface area contributed by atoms with Crippen molar-refractivity contribution in [2.75, 3.05) is 49.5 Å². The molecule has 1 unspecified atom stereocenters. The smallest absolute Gasteiger partial charge is 0.317 e. The van der Waals surface area contributed by atoms with E-state index in [1.165, 1.54) is 23.5 Å². The van der Waals surface area contributed by atoms with Crippen molar-refractivity contribution in [1.82, 2.24) is 20.4 Å². The number of ether oxygens (including phenoxy) is 1. The zero-order valence-corrected chi connectivity index (χ0v) is 17.2. The highest BCUT2D eigenvalue weighted by Crippen LogP contribution is 2.31. The predicted octanol–water partition coefficient (Wildman–Crippen LogP) is 2.00. The molecule has 30 heavy (non-hydrogen) atoms. The third-order valence-corrected chi connectivity index (χ3v) is 5.98. The normalized spacial score (nSPS) is 19.0. The van der Waals surface area contributed by atoms with Crippen molar-refractivity contribution >= 4 is 34.1 Å². The van der Waals surface area contributed by atoms with Gasteiger partial charge in [-0.2, -0.15) is 0 Å². The Balaban J connectivity index is 1.19. The van der Waals surface area contributed by atoms with Crippen LogP contribution in [0.15, 0.2) is 24.3 Å². The average Bonchev–Trinajstić information content (AvgIpc) is 3.45. The van der Waals surface area contributed by atoms with E-state index in [2.05, 4.69) is 25.7 Å². The molecule has 1 aromatic heterocycles. The maximum atomic E-state index is 13.1. The molecule has 2 aliphatic heterocycles. The molecule has 1 atom stereocenters. The molecule has 0 aliphatic carbocycles. The van der Waals surface area contributed by atoms with E-state index in [0.717, 1.165) is 30.1 Å². The molecule has 0 spiro atoms. The largest absolute Gasteiger partial charge is 0.371 e. The number of amides is 3. The maximum absolute atomic E-state index is 13.1. The van der Waals surface area contributed by atoms with Crippen LogP contribution in [0, 0.1) is 5.82 Å². The molecule has 2 aromatic rings. The van der Waals surface area contributed by atoms with Gasteiger partial charge in [0.1, 0.15) is 16.9 Å². The predicted molar refractivity (Wildman–Crippen MR) is 110 cm³/mol. The number of carbonyl (C=O) groups is 2. The van der Waals surface area contributed by atoms with Gasteiger partial charge in [-0.3, -0.25) is 10.1 Å². The summed E-state index contributed by atoms with van der Waals surface area (Å²) in [4.78, 5) is 28.2. The van der Waals surface area contributed by atoms with Crippen LogP contribution >= 0.6 is 11.3 Å². The first-order valence-electron chi connectivity index (χ1n) is 9.86. The van der Waals surface area contributed by atoms with Crippen LogP contribution in [0.1, 0.15) is 24.0 Å². The number of piperazine rings is 1. The Morgan fingerprint density at radius 2 is 1.93 bits per heavy atom. The first kappa shape index (κ1) is 20.5. The summed E-state index contributed by atoms with van der Waals surface area (Å²) >= 11 is 1.29. The lowest BCUT2D eigenvalue weighted by Crippen LogP contribution is -2.52. The number of halogens is 1. The van der Waals surface area contributed by atoms with Crippen LogP contribution in [0.2, 0.25) is 0 Å². The van der Waals surface area contributed by atoms with Gasteiger partial charge < -0.3 is 19.9 Å². The quantitative estimate of drug-likeness (QED) is 0.747. The number of hydrogen-bond donors (Lipinski definition) is 2. The Morgan fingerprint density at radius 3 is 2.63 bits per heavy atom. The van der Waals surface area contributed by atoms with Crippen LogP contribution in [0.3, 0.4) is 0 Å². The van der Waals surface area contributed by atoms with E-state index in [4.69, 9.17) is 4.74 Å². The van der Waals surface area contributed by atoms with Gasteiger partial charge in [0, 0.05) is 38.5 Å². The fourth-order valence-electron chi connectivity index (χ4n) is 3.44. The molecule has 0 saturated carbocycles. The molecular weight excluding hydrogens is 411 g/mol. The number of anilines is 2. The summed E-state index contributed by atoms with van der Waals surface area (Å²) in [5.41, 5.74) is 0.926. The summed E-state index contributed by atoms with van der Waals surface area (Å²) in [7, 11) is 0. The summed E-state index contributed by atoms with van der Waals surface area (Å²) in [5.74, 6) is -0.630. The van der Waals surface area contributed by atoms with Crippen molar-refractivity contribution in [1.29, 1.82) is 0 Å². The zero-order chi connectivity index (χ0) is 20.9. The number of aromatic nitrogens is 2. The zero-order valence-electron chi connectivity index (χ0n) is 16.3. The van der Waals surface area contributed by atoms with Crippen molar-refractivity contribution in [3.8, 4) is 0 Å². The van der Waals surface area contributed by atoms with Gasteiger partial charge in [-0.15, -0.1) is 10.2 Å².